The lowest BCUT2D eigenvalue weighted by atomic mass is 10.0. The minimum Gasteiger partial charge on any atom is -0.483 e. The molecule has 0 bridgehead atoms. The van der Waals surface area contributed by atoms with Crippen LogP contribution < -0.4 is 0 Å². The molecule has 0 radical (unpaired) electrons. The van der Waals surface area contributed by atoms with Gasteiger partial charge in [0.25, 0.3) is 6.47 Å². The number of hydrogen-bond acceptors (Lipinski definition) is 4. The van der Waals surface area contributed by atoms with Crippen molar-refractivity contribution >= 4 is 24.2 Å². The van der Waals surface area contributed by atoms with Crippen molar-refractivity contribution in [2.24, 2.45) is 0 Å². The molecule has 3 fully saturated rings. The summed E-state index contributed by atoms with van der Waals surface area (Å²) in [5.74, 6) is -0.668. The standard InChI is InChI=1S/C19H27F2N3O3.CH2O2/c1-3-10-22(11-5-14(20)21)16(26)18(6-7-18)24-13-12-23(15(25)4-2)19(8-9-19)17(24)27;2-1-3/h4,14H,2-3,5-13H2,1H3;1H,(H,2,3). The largest absolute Gasteiger partial charge is 0.483 e. The molecule has 8 nitrogen and oxygen atoms in total. The smallest absolute Gasteiger partial charge is 0.290 e. The van der Waals surface area contributed by atoms with E-state index in [0.717, 1.165) is 0 Å². The molecule has 0 unspecified atom stereocenters. The molecule has 168 valence electrons. The molecule has 30 heavy (non-hydrogen) atoms. The van der Waals surface area contributed by atoms with Crippen LogP contribution in [0.2, 0.25) is 0 Å². The van der Waals surface area contributed by atoms with Gasteiger partial charge >= 0.3 is 0 Å². The van der Waals surface area contributed by atoms with E-state index in [0.29, 0.717) is 51.7 Å². The highest BCUT2D eigenvalue weighted by Gasteiger charge is 2.66. The lowest BCUT2D eigenvalue weighted by Crippen LogP contribution is -2.65. The third-order valence-electron chi connectivity index (χ3n) is 5.91. The number of amides is 3. The molecule has 0 aromatic carbocycles. The first-order valence-corrected chi connectivity index (χ1v) is 10.2. The molecule has 1 spiro atoms. The molecule has 1 N–H and O–H groups in total. The summed E-state index contributed by atoms with van der Waals surface area (Å²) in [6.07, 6.45) is 1.36. The molecule has 0 aromatic rings. The molecule has 0 atom stereocenters. The first-order valence-electron chi connectivity index (χ1n) is 10.2. The first-order chi connectivity index (χ1) is 14.2. The van der Waals surface area contributed by atoms with Gasteiger partial charge in [-0.05, 0) is 38.2 Å². The van der Waals surface area contributed by atoms with Gasteiger partial charge in [0.1, 0.15) is 11.1 Å². The molecule has 3 amide bonds. The number of carbonyl (C=O) groups excluding carboxylic acids is 3. The van der Waals surface area contributed by atoms with Crippen molar-refractivity contribution in [1.29, 1.82) is 0 Å². The fourth-order valence-electron chi connectivity index (χ4n) is 4.17. The molecule has 0 aromatic heterocycles. The Morgan fingerprint density at radius 3 is 2.27 bits per heavy atom. The zero-order chi connectivity index (χ0) is 22.5. The molecule has 1 saturated heterocycles. The number of piperazine rings is 1. The minimum atomic E-state index is -2.46. The quantitative estimate of drug-likeness (QED) is 0.466. The van der Waals surface area contributed by atoms with Crippen molar-refractivity contribution in [2.75, 3.05) is 26.2 Å². The van der Waals surface area contributed by atoms with E-state index >= 15 is 0 Å². The van der Waals surface area contributed by atoms with Crippen LogP contribution in [0, 0.1) is 0 Å². The van der Waals surface area contributed by atoms with Gasteiger partial charge in [0.2, 0.25) is 24.1 Å². The summed E-state index contributed by atoms with van der Waals surface area (Å²) in [6, 6.07) is 0. The second kappa shape index (κ2) is 9.53. The third kappa shape index (κ3) is 4.46. The van der Waals surface area contributed by atoms with Gasteiger partial charge in [-0.3, -0.25) is 19.2 Å². The van der Waals surface area contributed by atoms with Gasteiger partial charge in [0.15, 0.2) is 0 Å². The van der Waals surface area contributed by atoms with E-state index in [1.807, 2.05) is 6.92 Å². The Balaban J connectivity index is 0.00000101. The summed E-state index contributed by atoms with van der Waals surface area (Å²) in [5, 5.41) is 6.89. The number of nitrogens with zero attached hydrogens (tertiary/aromatic N) is 3. The minimum absolute atomic E-state index is 0.000336. The Morgan fingerprint density at radius 2 is 1.83 bits per heavy atom. The van der Waals surface area contributed by atoms with Crippen molar-refractivity contribution < 1.29 is 33.1 Å². The van der Waals surface area contributed by atoms with Crippen LogP contribution in [0.5, 0.6) is 0 Å². The molecule has 10 heteroatoms. The monoisotopic (exact) mass is 429 g/mol. The van der Waals surface area contributed by atoms with Crippen LogP contribution in [-0.4, -0.2) is 87.7 Å². The van der Waals surface area contributed by atoms with Gasteiger partial charge < -0.3 is 19.8 Å². The molecular formula is C20H29F2N3O5. The fraction of sp³-hybridized carbons (Fsp3) is 0.700. The highest BCUT2D eigenvalue weighted by atomic mass is 19.3. The fourth-order valence-corrected chi connectivity index (χ4v) is 4.17. The molecule has 1 heterocycles. The van der Waals surface area contributed by atoms with Crippen molar-refractivity contribution in [3.63, 3.8) is 0 Å². The van der Waals surface area contributed by atoms with Crippen molar-refractivity contribution in [2.45, 2.75) is 63.0 Å². The highest BCUT2D eigenvalue weighted by Crippen LogP contribution is 2.51. The van der Waals surface area contributed by atoms with Crippen molar-refractivity contribution in [3.8, 4) is 0 Å². The number of carbonyl (C=O) groups is 4. The SMILES string of the molecule is C=CC(=O)N1CCN(C2(C(=O)N(CCC)CCC(F)F)CC2)C(=O)C12CC2.O=CO. The summed E-state index contributed by atoms with van der Waals surface area (Å²) < 4.78 is 25.3. The van der Waals surface area contributed by atoms with Crippen LogP contribution in [0.3, 0.4) is 0 Å². The molecule has 3 rings (SSSR count). The second-order valence-electron chi connectivity index (χ2n) is 7.79. The Bertz CT molecular complexity index is 692. The van der Waals surface area contributed by atoms with Gasteiger partial charge in [-0.15, -0.1) is 0 Å². The lowest BCUT2D eigenvalue weighted by molar-refractivity contribution is -0.160. The molecule has 2 aliphatic carbocycles. The van der Waals surface area contributed by atoms with E-state index in [9.17, 15) is 23.2 Å². The summed E-state index contributed by atoms with van der Waals surface area (Å²) in [5.41, 5.74) is -1.74. The topological polar surface area (TPSA) is 98.2 Å². The van der Waals surface area contributed by atoms with Crippen molar-refractivity contribution in [1.82, 2.24) is 14.7 Å². The number of hydrogen-bond donors (Lipinski definition) is 1. The Morgan fingerprint density at radius 1 is 1.23 bits per heavy atom. The molecular weight excluding hydrogens is 400 g/mol. The molecule has 1 aliphatic heterocycles. The number of carboxylic acid groups (broad SMARTS) is 1. The van der Waals surface area contributed by atoms with Gasteiger partial charge in [0, 0.05) is 32.6 Å². The van der Waals surface area contributed by atoms with Crippen LogP contribution >= 0.6 is 0 Å². The van der Waals surface area contributed by atoms with Gasteiger partial charge in [0.05, 0.1) is 0 Å². The third-order valence-corrected chi connectivity index (χ3v) is 5.91. The highest BCUT2D eigenvalue weighted by molar-refractivity contribution is 6.02. The van der Waals surface area contributed by atoms with Crippen LogP contribution in [0.15, 0.2) is 12.7 Å². The average molecular weight is 429 g/mol. The molecule has 2 saturated carbocycles. The van der Waals surface area contributed by atoms with Crippen LogP contribution in [0.1, 0.15) is 45.4 Å². The van der Waals surface area contributed by atoms with Crippen LogP contribution in [0.4, 0.5) is 8.78 Å². The number of rotatable bonds is 8. The van der Waals surface area contributed by atoms with Crippen LogP contribution in [-0.2, 0) is 19.2 Å². The zero-order valence-electron chi connectivity index (χ0n) is 17.2. The normalized spacial score (nSPS) is 20.3. The zero-order valence-corrected chi connectivity index (χ0v) is 17.2. The number of alkyl halides is 2. The Labute approximate surface area is 174 Å². The summed E-state index contributed by atoms with van der Waals surface area (Å²) in [7, 11) is 0. The summed E-state index contributed by atoms with van der Waals surface area (Å²) in [6.45, 7) is 6.22. The lowest BCUT2D eigenvalue weighted by Gasteiger charge is -2.45. The van der Waals surface area contributed by atoms with E-state index in [2.05, 4.69) is 6.58 Å². The maximum absolute atomic E-state index is 13.2. The van der Waals surface area contributed by atoms with E-state index < -0.39 is 17.5 Å². The van der Waals surface area contributed by atoms with Crippen LogP contribution in [0.25, 0.3) is 0 Å². The Hall–Kier alpha value is -2.52. The molecule has 3 aliphatic rings. The van der Waals surface area contributed by atoms with Crippen molar-refractivity contribution in [3.05, 3.63) is 12.7 Å². The van der Waals surface area contributed by atoms with Gasteiger partial charge in [-0.25, -0.2) is 8.78 Å². The summed E-state index contributed by atoms with van der Waals surface area (Å²) >= 11 is 0. The maximum atomic E-state index is 13.2. The second-order valence-corrected chi connectivity index (χ2v) is 7.79. The summed E-state index contributed by atoms with van der Waals surface area (Å²) in [4.78, 5) is 51.5. The Kier molecular flexibility index (Phi) is 7.54. The average Bonchev–Trinajstić information content (AvgIpc) is 3.62. The predicted molar refractivity (Wildman–Crippen MR) is 104 cm³/mol. The van der Waals surface area contributed by atoms with E-state index in [1.54, 1.807) is 9.80 Å². The van der Waals surface area contributed by atoms with E-state index in [-0.39, 0.29) is 37.2 Å². The van der Waals surface area contributed by atoms with Gasteiger partial charge in [-0.2, -0.15) is 0 Å². The maximum Gasteiger partial charge on any atom is 0.290 e. The number of halogens is 2. The van der Waals surface area contributed by atoms with E-state index in [1.165, 1.54) is 11.0 Å². The van der Waals surface area contributed by atoms with Gasteiger partial charge in [-0.1, -0.05) is 13.5 Å². The first kappa shape index (κ1) is 23.8. The van der Waals surface area contributed by atoms with E-state index in [4.69, 9.17) is 9.90 Å². The predicted octanol–water partition coefficient (Wildman–Crippen LogP) is 1.50.